The maximum Gasteiger partial charge on any atom is 0.187 e. The molecule has 388 valence electrons. The van der Waals surface area contributed by atoms with E-state index in [4.69, 9.17) is 28.4 Å². The first-order valence-electron chi connectivity index (χ1n) is 24.6. The molecule has 0 aromatic heterocycles. The summed E-state index contributed by atoms with van der Waals surface area (Å²) in [5, 5.41) is 138. The van der Waals surface area contributed by atoms with Crippen molar-refractivity contribution in [1.82, 2.24) is 0 Å². The molecule has 3 aliphatic heterocycles. The van der Waals surface area contributed by atoms with Gasteiger partial charge in [0.1, 0.15) is 73.2 Å². The molecule has 0 bridgehead atoms. The van der Waals surface area contributed by atoms with Crippen LogP contribution in [0.4, 0.5) is 0 Å². The van der Waals surface area contributed by atoms with Gasteiger partial charge in [0.15, 0.2) is 18.9 Å². The van der Waals surface area contributed by atoms with Crippen molar-refractivity contribution in [3.63, 3.8) is 0 Å². The molecule has 67 heavy (non-hydrogen) atoms. The zero-order valence-electron chi connectivity index (χ0n) is 40.2. The summed E-state index contributed by atoms with van der Waals surface area (Å²) in [6, 6.07) is 0. The van der Waals surface area contributed by atoms with Gasteiger partial charge in [-0.3, -0.25) is 0 Å². The predicted molar refractivity (Wildman–Crippen MR) is 235 cm³/mol. The lowest BCUT2D eigenvalue weighted by Gasteiger charge is -2.70. The molecule has 4 unspecified atom stereocenters. The molecule has 0 aromatic carbocycles. The molecule has 4 aliphatic carbocycles. The lowest BCUT2D eigenvalue weighted by molar-refractivity contribution is -0.382. The Balaban J connectivity index is 1.11. The molecule has 3 saturated heterocycles. The highest BCUT2D eigenvalue weighted by atomic mass is 16.8. The summed E-state index contributed by atoms with van der Waals surface area (Å²) >= 11 is 0. The fraction of sp³-hybridized carbons (Fsp3) is 0.958. The molecule has 7 rings (SSSR count). The van der Waals surface area contributed by atoms with Crippen LogP contribution in [0.2, 0.25) is 0 Å². The highest BCUT2D eigenvalue weighted by Crippen LogP contribution is 2.75. The molecule has 0 radical (unpaired) electrons. The van der Waals surface area contributed by atoms with E-state index in [-0.39, 0.29) is 41.1 Å². The Morgan fingerprint density at radius 1 is 0.627 bits per heavy atom. The standard InChI is InChI=1S/C48H82O19/c1-44(2)28-13-17-48(7)29(10-9-24-23(12-16-47(24,48)6)22(18-49)8-11-30(52)45(3,4)61)46(28,5)15-14-31(44)66-43-40(67-42-39(60)36(57)33(54)26(20-51)64-42)37(58)34(55)27(65-43)21-62-41-38(59)35(56)32(53)25(19-50)63-41/h8,23-43,49-61H,9-21H2,1-7H3/t23-,24-,25?,26-,27-,28+,29-,30?,31+,32-,33-,34-,35+,36+,37+,38-,39-,40-,41?,42?,43+,46+,47-,48-/m1/s1. The molecule has 19 heteroatoms. The van der Waals surface area contributed by atoms with Gasteiger partial charge < -0.3 is 94.8 Å². The van der Waals surface area contributed by atoms with E-state index in [1.807, 2.05) is 6.08 Å². The normalized spacial score (nSPS) is 50.8. The lowest BCUT2D eigenvalue weighted by Crippen LogP contribution is -2.67. The molecule has 4 saturated carbocycles. The molecule has 7 aliphatic rings. The second kappa shape index (κ2) is 20.1. The number of ether oxygens (including phenoxy) is 6. The van der Waals surface area contributed by atoms with E-state index in [0.29, 0.717) is 18.3 Å². The van der Waals surface area contributed by atoms with Crippen molar-refractivity contribution in [3.05, 3.63) is 11.6 Å². The Morgan fingerprint density at radius 3 is 1.79 bits per heavy atom. The molecular weight excluding hydrogens is 881 g/mol. The van der Waals surface area contributed by atoms with Gasteiger partial charge in [0.25, 0.3) is 0 Å². The Kier molecular flexibility index (Phi) is 16.1. The highest BCUT2D eigenvalue weighted by Gasteiger charge is 2.69. The van der Waals surface area contributed by atoms with E-state index >= 15 is 0 Å². The van der Waals surface area contributed by atoms with Gasteiger partial charge in [-0.1, -0.05) is 40.7 Å². The fourth-order valence-electron chi connectivity index (χ4n) is 14.5. The summed E-state index contributed by atoms with van der Waals surface area (Å²) in [5.74, 6) is 1.07. The van der Waals surface area contributed by atoms with Gasteiger partial charge in [-0.2, -0.15) is 0 Å². The van der Waals surface area contributed by atoms with Gasteiger partial charge in [-0.15, -0.1) is 0 Å². The molecule has 13 N–H and O–H groups in total. The van der Waals surface area contributed by atoms with Crippen molar-refractivity contribution in [2.45, 2.75) is 216 Å². The fourth-order valence-corrected chi connectivity index (χ4v) is 14.5. The zero-order valence-corrected chi connectivity index (χ0v) is 40.2. The molecule has 3 heterocycles. The Labute approximate surface area is 393 Å². The van der Waals surface area contributed by atoms with Crippen LogP contribution < -0.4 is 0 Å². The van der Waals surface area contributed by atoms with Crippen molar-refractivity contribution in [3.8, 4) is 0 Å². The minimum atomic E-state index is -1.84. The average Bonchev–Trinajstić information content (AvgIpc) is 3.63. The van der Waals surface area contributed by atoms with Crippen LogP contribution in [0.5, 0.6) is 0 Å². The SMILES string of the molecule is CC(C)(O)C(O)CC=C(CO)[C@H]1CC[C@]2(C)[C@@H]1CC[C@@H]1[C@@]3(C)CC[C@H](O[C@@H]4O[C@H](COC5OC(CO)[C@@H](O)[C@H](O)[C@H]5O)[C@@H](O)[C@H](O)[C@H]4OC4O[C@H](CO)[C@@H](O)[C@H](O)[C@H]4O)C(C)(C)[C@@H]3CC[C@]12C. The number of rotatable bonds is 14. The van der Waals surface area contributed by atoms with Crippen LogP contribution in [0.15, 0.2) is 11.6 Å². The summed E-state index contributed by atoms with van der Waals surface area (Å²) in [4.78, 5) is 0. The maximum absolute atomic E-state index is 11.8. The molecule has 24 atom stereocenters. The monoisotopic (exact) mass is 963 g/mol. The van der Waals surface area contributed by atoms with Gasteiger partial charge in [-0.25, -0.2) is 0 Å². The summed E-state index contributed by atoms with van der Waals surface area (Å²) in [6.45, 7) is 12.8. The minimum Gasteiger partial charge on any atom is -0.394 e. The molecule has 7 fully saturated rings. The van der Waals surface area contributed by atoms with Crippen molar-refractivity contribution in [2.75, 3.05) is 26.4 Å². The van der Waals surface area contributed by atoms with E-state index < -0.39 is 135 Å². The summed E-state index contributed by atoms with van der Waals surface area (Å²) in [5.41, 5.74) is -0.948. The third-order valence-corrected chi connectivity index (χ3v) is 18.8. The van der Waals surface area contributed by atoms with Crippen LogP contribution in [0.1, 0.15) is 106 Å². The van der Waals surface area contributed by atoms with Crippen molar-refractivity contribution < 1.29 is 94.8 Å². The van der Waals surface area contributed by atoms with Crippen LogP contribution >= 0.6 is 0 Å². The highest BCUT2D eigenvalue weighted by molar-refractivity contribution is 5.22. The van der Waals surface area contributed by atoms with Crippen LogP contribution in [-0.4, -0.2) is 203 Å². The van der Waals surface area contributed by atoms with Crippen LogP contribution in [0.25, 0.3) is 0 Å². The van der Waals surface area contributed by atoms with E-state index in [1.54, 1.807) is 13.8 Å². The Bertz CT molecular complexity index is 1690. The van der Waals surface area contributed by atoms with E-state index in [0.717, 1.165) is 50.5 Å². The van der Waals surface area contributed by atoms with E-state index in [2.05, 4.69) is 34.6 Å². The summed E-state index contributed by atoms with van der Waals surface area (Å²) < 4.78 is 36.2. The maximum atomic E-state index is 11.8. The topological polar surface area (TPSA) is 318 Å². The summed E-state index contributed by atoms with van der Waals surface area (Å²) in [6.07, 6.45) is -16.3. The smallest absolute Gasteiger partial charge is 0.187 e. The lowest BCUT2D eigenvalue weighted by atomic mass is 9.35. The number of aliphatic hydroxyl groups excluding tert-OH is 12. The third kappa shape index (κ3) is 9.47. The van der Waals surface area contributed by atoms with Gasteiger partial charge in [0.2, 0.25) is 0 Å². The predicted octanol–water partition coefficient (Wildman–Crippen LogP) is -1.05. The number of aliphatic hydroxyl groups is 13. The molecule has 0 spiro atoms. The second-order valence-corrected chi connectivity index (χ2v) is 23.0. The average molecular weight is 963 g/mol. The Morgan fingerprint density at radius 2 is 1.19 bits per heavy atom. The van der Waals surface area contributed by atoms with E-state index in [1.165, 1.54) is 0 Å². The number of fused-ring (bicyclic) bond motifs is 5. The third-order valence-electron chi connectivity index (χ3n) is 18.8. The molecule has 0 aromatic rings. The van der Waals surface area contributed by atoms with Crippen molar-refractivity contribution in [1.29, 1.82) is 0 Å². The summed E-state index contributed by atoms with van der Waals surface area (Å²) in [7, 11) is 0. The number of hydrogen-bond acceptors (Lipinski definition) is 19. The van der Waals surface area contributed by atoms with Crippen molar-refractivity contribution >= 4 is 0 Å². The molecule has 0 amide bonds. The van der Waals surface area contributed by atoms with Gasteiger partial charge in [-0.05, 0) is 123 Å². The van der Waals surface area contributed by atoms with E-state index in [9.17, 15) is 66.4 Å². The quantitative estimate of drug-likeness (QED) is 0.0730. The minimum absolute atomic E-state index is 0.0102. The molecule has 19 nitrogen and oxygen atoms in total. The van der Waals surface area contributed by atoms with Crippen LogP contribution in [-0.2, 0) is 28.4 Å². The second-order valence-electron chi connectivity index (χ2n) is 23.0. The first-order valence-corrected chi connectivity index (χ1v) is 24.6. The van der Waals surface area contributed by atoms with Crippen LogP contribution in [0.3, 0.4) is 0 Å². The van der Waals surface area contributed by atoms with Gasteiger partial charge in [0, 0.05) is 0 Å². The first-order chi connectivity index (χ1) is 31.3. The Hall–Kier alpha value is -1.02. The van der Waals surface area contributed by atoms with Gasteiger partial charge >= 0.3 is 0 Å². The van der Waals surface area contributed by atoms with Crippen LogP contribution in [0, 0.1) is 45.3 Å². The molecular formula is C48H82O19. The first kappa shape index (κ1) is 53.8. The number of hydrogen-bond donors (Lipinski definition) is 13. The zero-order chi connectivity index (χ0) is 49.3. The van der Waals surface area contributed by atoms with Gasteiger partial charge in [0.05, 0.1) is 44.2 Å². The largest absolute Gasteiger partial charge is 0.394 e. The van der Waals surface area contributed by atoms with Crippen molar-refractivity contribution in [2.24, 2.45) is 45.3 Å².